The number of hydrogen-bond donors (Lipinski definition) is 4. The fourth-order valence-corrected chi connectivity index (χ4v) is 15.1. The van der Waals surface area contributed by atoms with Gasteiger partial charge < -0.3 is 50.6 Å². The van der Waals surface area contributed by atoms with Gasteiger partial charge in [-0.15, -0.1) is 11.3 Å². The Labute approximate surface area is 582 Å². The number of aromatic nitrogens is 1. The quantitative estimate of drug-likeness (QED) is 0.0304. The molecule has 3 aliphatic rings. The van der Waals surface area contributed by atoms with E-state index in [-0.39, 0.29) is 141 Å². The van der Waals surface area contributed by atoms with E-state index in [1.165, 1.54) is 24.1 Å². The summed E-state index contributed by atoms with van der Waals surface area (Å²) in [5, 5.41) is 11.0. The Balaban J connectivity index is 1.04. The number of imide groups is 1. The zero-order chi connectivity index (χ0) is 71.8. The van der Waals surface area contributed by atoms with Gasteiger partial charge in [0, 0.05) is 127 Å². The van der Waals surface area contributed by atoms with Crippen molar-refractivity contribution in [3.05, 3.63) is 94.5 Å². The van der Waals surface area contributed by atoms with Crippen LogP contribution in [0.25, 0.3) is 0 Å². The van der Waals surface area contributed by atoms with E-state index in [0.29, 0.717) is 56.3 Å². The first kappa shape index (κ1) is 79.3. The molecule has 10 atom stereocenters. The number of Topliss-reactive ketones (excluding diaryl/α,β-unsaturated/α-hetero) is 3. The number of thiazole rings is 1. The van der Waals surface area contributed by atoms with E-state index in [1.54, 1.807) is 81.8 Å². The Hall–Kier alpha value is -7.70. The van der Waals surface area contributed by atoms with E-state index in [1.807, 2.05) is 63.1 Å². The summed E-state index contributed by atoms with van der Waals surface area (Å²) in [5.41, 5.74) is 7.36. The lowest BCUT2D eigenvalue weighted by atomic mass is 9.83. The minimum absolute atomic E-state index is 0.00345. The van der Waals surface area contributed by atoms with Crippen molar-refractivity contribution in [2.45, 2.75) is 207 Å². The molecule has 9 amide bonds. The highest BCUT2D eigenvalue weighted by molar-refractivity contribution is 7.09. The molecule has 24 heteroatoms. The minimum Gasteiger partial charge on any atom is -0.445 e. The molecular weight excluding hydrogens is 1270 g/mol. The van der Waals surface area contributed by atoms with Gasteiger partial charge in [-0.2, -0.15) is 0 Å². The number of likely N-dealkylation sites (N-methyl/N-ethyl adjacent to an activating group) is 2. The number of ketones is 3. The largest absolute Gasteiger partial charge is 0.445 e. The van der Waals surface area contributed by atoms with Crippen molar-refractivity contribution >= 4 is 81.9 Å². The first-order valence-corrected chi connectivity index (χ1v) is 35.9. The van der Waals surface area contributed by atoms with Crippen molar-refractivity contribution in [2.24, 2.45) is 47.2 Å². The van der Waals surface area contributed by atoms with Gasteiger partial charge in [0.1, 0.15) is 12.4 Å². The van der Waals surface area contributed by atoms with Crippen LogP contribution in [0.3, 0.4) is 0 Å². The summed E-state index contributed by atoms with van der Waals surface area (Å²) in [4.78, 5) is 159. The first-order valence-electron chi connectivity index (χ1n) is 35.0. The molecule has 0 radical (unpaired) electrons. The Bertz CT molecular complexity index is 3160. The van der Waals surface area contributed by atoms with Crippen molar-refractivity contribution in [3.8, 4) is 0 Å². The molecule has 1 unspecified atom stereocenters. The number of carbonyl (C=O) groups excluding carboxylic acids is 11. The van der Waals surface area contributed by atoms with Gasteiger partial charge in [0.2, 0.25) is 23.6 Å². The van der Waals surface area contributed by atoms with Gasteiger partial charge in [0.25, 0.3) is 11.8 Å². The SMILES string of the molecule is CO[C@H]([C@@H](C)C(=O)C[C@@H](Cc1ccccc1)c1nccs1)[C@@H]1CCCN1C(=O)C[C@@H](OC)[C@H](C1CCCC1)N(C)C(=O)[C@@H](CC(=O)[C@H](C(C)C)N(C)C(=O)OCc1ccc(NC(=O)C(CCCNC(N)=O)CC(=O)[C@@H](NC(=O)CCCCCN2C(=O)C=CC2=O)C(C)C)cc1)C(C)C. The van der Waals surface area contributed by atoms with Crippen LogP contribution in [-0.4, -0.2) is 174 Å². The molecule has 5 N–H and O–H groups in total. The van der Waals surface area contributed by atoms with Gasteiger partial charge in [-0.05, 0) is 105 Å². The molecule has 23 nitrogen and oxygen atoms in total. The number of likely N-dealkylation sites (tertiary alicyclic amines) is 1. The Morgan fingerprint density at radius 2 is 1.41 bits per heavy atom. The summed E-state index contributed by atoms with van der Waals surface area (Å²) in [5.74, 6) is -5.71. The molecule has 2 aliphatic heterocycles. The molecule has 2 aromatic carbocycles. The molecule has 3 heterocycles. The van der Waals surface area contributed by atoms with Crippen LogP contribution in [0.5, 0.6) is 0 Å². The number of nitrogens with zero attached hydrogens (tertiary/aromatic N) is 5. The number of benzene rings is 2. The first-order chi connectivity index (χ1) is 46.7. The van der Waals surface area contributed by atoms with Crippen LogP contribution in [0.1, 0.15) is 173 Å². The number of rotatable bonds is 41. The standard InChI is InChI=1S/C74H107N9O14S/c1-46(2)56(72(92)80(8)68(52-24-17-18-25-52)61(95-10)44-65(90)82-38-21-27-57(82)69(96-11)49(7)58(84)42-54(71-76-36-39-98-71)40-50-22-14-12-15-23-50)43-60(86)67(48(5)6)81(9)74(94)97-45-51-29-31-55(32-30-51)78-70(91)53(26-20-35-77-73(75)93)41-59(85)66(47(3)4)79-62(87)28-16-13-19-37-83-63(88)33-34-64(83)89/h12,14-15,22-23,29-34,36,39,46-49,52-54,56-57,61,66-69H,13,16-21,24-28,35,37-38,40-45H2,1-11H3,(H,78,91)(H,79,87)(H3,75,77,93)/t49-,53?,54+,56-,57-,61+,66-,67-,68-,69+/m0/s1. The third kappa shape index (κ3) is 22.9. The lowest BCUT2D eigenvalue weighted by Gasteiger charge is -2.41. The number of urea groups is 1. The predicted octanol–water partition coefficient (Wildman–Crippen LogP) is 9.61. The van der Waals surface area contributed by atoms with Gasteiger partial charge in [-0.1, -0.05) is 110 Å². The van der Waals surface area contributed by atoms with Crippen LogP contribution in [-0.2, 0) is 70.4 Å². The van der Waals surface area contributed by atoms with Gasteiger partial charge >= 0.3 is 12.1 Å². The van der Waals surface area contributed by atoms with E-state index < -0.39 is 66.1 Å². The van der Waals surface area contributed by atoms with Gasteiger partial charge in [0.15, 0.2) is 11.6 Å². The fourth-order valence-electron chi connectivity index (χ4n) is 14.3. The average molecular weight is 1380 g/mol. The van der Waals surface area contributed by atoms with Crippen LogP contribution in [0, 0.1) is 41.4 Å². The third-order valence-electron chi connectivity index (χ3n) is 19.7. The zero-order valence-corrected chi connectivity index (χ0v) is 60.2. The van der Waals surface area contributed by atoms with Gasteiger partial charge in [-0.3, -0.25) is 48.1 Å². The summed E-state index contributed by atoms with van der Waals surface area (Å²) >= 11 is 1.54. The zero-order valence-electron chi connectivity index (χ0n) is 59.4. The topological polar surface area (TPSA) is 303 Å². The Kier molecular flexibility index (Phi) is 31.7. The predicted molar refractivity (Wildman–Crippen MR) is 374 cm³/mol. The number of primary amides is 1. The maximum Gasteiger partial charge on any atom is 0.410 e. The minimum atomic E-state index is -0.952. The van der Waals surface area contributed by atoms with Crippen LogP contribution in [0.4, 0.5) is 15.3 Å². The molecule has 0 bridgehead atoms. The highest BCUT2D eigenvalue weighted by Gasteiger charge is 2.45. The second-order valence-electron chi connectivity index (χ2n) is 27.8. The number of methoxy groups -OCH3 is 2. The lowest BCUT2D eigenvalue weighted by molar-refractivity contribution is -0.149. The number of amides is 9. The highest BCUT2D eigenvalue weighted by Crippen LogP contribution is 2.37. The van der Waals surface area contributed by atoms with Crippen molar-refractivity contribution in [3.63, 3.8) is 0 Å². The Morgan fingerprint density at radius 1 is 0.724 bits per heavy atom. The molecule has 1 saturated heterocycles. The Morgan fingerprint density at radius 3 is 2.01 bits per heavy atom. The van der Waals surface area contributed by atoms with Crippen molar-refractivity contribution in [1.82, 2.24) is 35.2 Å². The van der Waals surface area contributed by atoms with Gasteiger partial charge in [-0.25, -0.2) is 14.6 Å². The van der Waals surface area contributed by atoms with Crippen LogP contribution >= 0.6 is 11.3 Å². The van der Waals surface area contributed by atoms with E-state index in [4.69, 9.17) is 19.9 Å². The van der Waals surface area contributed by atoms with E-state index in [9.17, 15) is 47.9 Å². The molecule has 98 heavy (non-hydrogen) atoms. The van der Waals surface area contributed by atoms with E-state index >= 15 is 4.79 Å². The van der Waals surface area contributed by atoms with E-state index in [2.05, 4.69) is 33.1 Å². The molecule has 0 spiro atoms. The number of carbonyl (C=O) groups is 11. The van der Waals surface area contributed by atoms with Crippen LogP contribution in [0.2, 0.25) is 0 Å². The molecular formula is C74H107N9O14S. The number of nitrogens with two attached hydrogens (primary N) is 1. The average Bonchev–Trinajstić information content (AvgIpc) is 1.61. The number of nitrogens with one attached hydrogen (secondary N) is 3. The molecule has 3 aromatic rings. The molecule has 2 fully saturated rings. The summed E-state index contributed by atoms with van der Waals surface area (Å²) < 4.78 is 18.2. The summed E-state index contributed by atoms with van der Waals surface area (Å²) in [6.45, 7) is 13.7. The number of unbranched alkanes of at least 4 members (excludes halogenated alkanes) is 2. The van der Waals surface area contributed by atoms with E-state index in [0.717, 1.165) is 47.6 Å². The highest BCUT2D eigenvalue weighted by atomic mass is 32.1. The molecule has 1 saturated carbocycles. The fraction of sp³-hybridized carbons (Fsp3) is 0.622. The monoisotopic (exact) mass is 1380 g/mol. The van der Waals surface area contributed by atoms with Crippen molar-refractivity contribution in [1.29, 1.82) is 0 Å². The van der Waals surface area contributed by atoms with Crippen molar-refractivity contribution < 1.29 is 67.0 Å². The molecule has 1 aliphatic carbocycles. The molecule has 538 valence electrons. The maximum absolute atomic E-state index is 15.1. The second-order valence-corrected chi connectivity index (χ2v) is 28.7. The summed E-state index contributed by atoms with van der Waals surface area (Å²) in [6.07, 6.45) is 10.0. The smallest absolute Gasteiger partial charge is 0.410 e. The number of ether oxygens (including phenoxy) is 3. The van der Waals surface area contributed by atoms with Crippen LogP contribution in [0.15, 0.2) is 78.3 Å². The molecule has 1 aromatic heterocycles. The summed E-state index contributed by atoms with van der Waals surface area (Å²) in [7, 11) is 6.42. The normalized spacial score (nSPS) is 17.6. The number of hydrogen-bond acceptors (Lipinski definition) is 16. The number of anilines is 1. The van der Waals surface area contributed by atoms with Crippen LogP contribution < -0.4 is 21.7 Å². The van der Waals surface area contributed by atoms with Crippen molar-refractivity contribution in [2.75, 3.05) is 53.3 Å². The summed E-state index contributed by atoms with van der Waals surface area (Å²) in [6, 6.07) is 13.2. The molecule has 6 rings (SSSR count). The maximum atomic E-state index is 15.1. The lowest BCUT2D eigenvalue weighted by Crippen LogP contribution is -2.54. The second kappa shape index (κ2) is 39.2. The van der Waals surface area contributed by atoms with Gasteiger partial charge in [0.05, 0.1) is 47.8 Å². The third-order valence-corrected chi connectivity index (χ3v) is 20.7.